The molecule has 2 aliphatic heterocycles. The van der Waals surface area contributed by atoms with Gasteiger partial charge in [-0.3, -0.25) is 4.90 Å². The lowest BCUT2D eigenvalue weighted by Gasteiger charge is -2.29. The third-order valence-electron chi connectivity index (χ3n) is 4.00. The molecule has 3 rings (SSSR count). The number of nitrogens with zero attached hydrogens (tertiary/aromatic N) is 4. The smallest absolute Gasteiger partial charge is 0.270 e. The van der Waals surface area contributed by atoms with Gasteiger partial charge in [-0.2, -0.15) is 4.37 Å². The van der Waals surface area contributed by atoms with Crippen LogP contribution >= 0.6 is 11.7 Å². The molecule has 1 aromatic rings. The van der Waals surface area contributed by atoms with Crippen molar-refractivity contribution in [3.63, 3.8) is 0 Å². The van der Waals surface area contributed by atoms with Crippen LogP contribution in [0.3, 0.4) is 0 Å². The molecule has 0 radical (unpaired) electrons. The van der Waals surface area contributed by atoms with Gasteiger partial charge in [-0.15, -0.1) is 4.37 Å². The maximum atomic E-state index is 5.88. The molecule has 0 unspecified atom stereocenters. The molecule has 22 heavy (non-hydrogen) atoms. The third-order valence-corrected chi connectivity index (χ3v) is 4.50. The first-order valence-corrected chi connectivity index (χ1v) is 8.42. The molecule has 2 saturated heterocycles. The third kappa shape index (κ3) is 3.68. The van der Waals surface area contributed by atoms with Gasteiger partial charge in [0.1, 0.15) is 19.4 Å². The molecule has 0 bridgehead atoms. The Morgan fingerprint density at radius 3 is 2.73 bits per heavy atom. The molecule has 1 atom stereocenters. The van der Waals surface area contributed by atoms with Crippen molar-refractivity contribution < 1.29 is 14.2 Å². The first kappa shape index (κ1) is 15.9. The molecule has 0 saturated carbocycles. The molecule has 8 heteroatoms. The van der Waals surface area contributed by atoms with E-state index in [4.69, 9.17) is 14.2 Å². The van der Waals surface area contributed by atoms with Crippen molar-refractivity contribution in [1.29, 1.82) is 0 Å². The van der Waals surface area contributed by atoms with Crippen LogP contribution in [0.1, 0.15) is 20.8 Å². The van der Waals surface area contributed by atoms with Gasteiger partial charge in [0.05, 0.1) is 24.9 Å². The molecule has 0 aromatic carbocycles. The Morgan fingerprint density at radius 1 is 1.27 bits per heavy atom. The number of morpholine rings is 1. The first-order valence-electron chi connectivity index (χ1n) is 7.69. The number of ether oxygens (including phenoxy) is 3. The summed E-state index contributed by atoms with van der Waals surface area (Å²) < 4.78 is 25.7. The number of aromatic nitrogens is 2. The molecule has 3 heterocycles. The summed E-state index contributed by atoms with van der Waals surface area (Å²) in [6, 6.07) is 0. The van der Waals surface area contributed by atoms with Crippen molar-refractivity contribution in [2.24, 2.45) is 0 Å². The highest BCUT2D eigenvalue weighted by Gasteiger charge is 2.31. The van der Waals surface area contributed by atoms with E-state index in [0.29, 0.717) is 19.2 Å². The van der Waals surface area contributed by atoms with Crippen LogP contribution in [0.2, 0.25) is 0 Å². The Labute approximate surface area is 135 Å². The number of hydrogen-bond donors (Lipinski definition) is 0. The number of hydrogen-bond acceptors (Lipinski definition) is 8. The van der Waals surface area contributed by atoms with Crippen LogP contribution in [0.5, 0.6) is 5.88 Å². The van der Waals surface area contributed by atoms with Crippen molar-refractivity contribution in [2.75, 3.05) is 51.1 Å². The van der Waals surface area contributed by atoms with Crippen LogP contribution in [0, 0.1) is 0 Å². The average Bonchev–Trinajstić information content (AvgIpc) is 3.14. The summed E-state index contributed by atoms with van der Waals surface area (Å²) in [5.41, 5.74) is 0.121. The summed E-state index contributed by atoms with van der Waals surface area (Å²) in [4.78, 5) is 4.47. The lowest BCUT2D eigenvalue weighted by atomic mass is 10.1. The first-order chi connectivity index (χ1) is 10.5. The molecule has 124 valence electrons. The van der Waals surface area contributed by atoms with Crippen molar-refractivity contribution in [1.82, 2.24) is 13.6 Å². The summed E-state index contributed by atoms with van der Waals surface area (Å²) in [6.45, 7) is 11.7. The summed E-state index contributed by atoms with van der Waals surface area (Å²) >= 11 is 1.19. The van der Waals surface area contributed by atoms with E-state index in [2.05, 4.69) is 39.3 Å². The minimum absolute atomic E-state index is 0.0819. The minimum atomic E-state index is 0.0819. The Kier molecular flexibility index (Phi) is 4.82. The Bertz CT molecular complexity index is 485. The van der Waals surface area contributed by atoms with Crippen molar-refractivity contribution in [3.8, 4) is 5.88 Å². The number of rotatable bonds is 4. The lowest BCUT2D eigenvalue weighted by Crippen LogP contribution is -2.40. The largest absolute Gasteiger partial charge is 0.472 e. The van der Waals surface area contributed by atoms with E-state index in [1.54, 1.807) is 0 Å². The molecule has 2 fully saturated rings. The molecule has 1 aromatic heterocycles. The van der Waals surface area contributed by atoms with Gasteiger partial charge in [-0.05, 0) is 20.8 Å². The van der Waals surface area contributed by atoms with Crippen LogP contribution in [-0.2, 0) is 9.47 Å². The monoisotopic (exact) mass is 328 g/mol. The van der Waals surface area contributed by atoms with Crippen LogP contribution in [0.4, 0.5) is 5.82 Å². The Morgan fingerprint density at radius 2 is 2.05 bits per heavy atom. The fourth-order valence-corrected chi connectivity index (χ4v) is 3.04. The van der Waals surface area contributed by atoms with E-state index in [-0.39, 0.29) is 11.6 Å². The predicted octanol–water partition coefficient (Wildman–Crippen LogP) is 1.21. The van der Waals surface area contributed by atoms with Crippen LogP contribution in [0.15, 0.2) is 0 Å². The molecule has 0 aliphatic carbocycles. The zero-order chi connectivity index (χ0) is 15.6. The molecular formula is C14H24N4O3S. The van der Waals surface area contributed by atoms with E-state index < -0.39 is 0 Å². The Balaban J connectivity index is 1.53. The maximum Gasteiger partial charge on any atom is 0.270 e. The van der Waals surface area contributed by atoms with Crippen LogP contribution in [-0.4, -0.2) is 71.5 Å². The van der Waals surface area contributed by atoms with Gasteiger partial charge in [0, 0.05) is 25.2 Å². The second kappa shape index (κ2) is 6.66. The molecule has 0 N–H and O–H groups in total. The molecule has 7 nitrogen and oxygen atoms in total. The highest BCUT2D eigenvalue weighted by molar-refractivity contribution is 6.99. The SMILES string of the molecule is CC(C)(C)N1CO[C@@H](COc2nsnc2N2CCOCC2)C1. The molecular weight excluding hydrogens is 304 g/mol. The summed E-state index contributed by atoms with van der Waals surface area (Å²) in [6.07, 6.45) is 0.0819. The minimum Gasteiger partial charge on any atom is -0.472 e. The highest BCUT2D eigenvalue weighted by Crippen LogP contribution is 2.27. The van der Waals surface area contributed by atoms with Crippen LogP contribution < -0.4 is 9.64 Å². The number of anilines is 1. The lowest BCUT2D eigenvalue weighted by molar-refractivity contribution is 0.0424. The summed E-state index contributed by atoms with van der Waals surface area (Å²) in [5, 5.41) is 0. The van der Waals surface area contributed by atoms with Gasteiger partial charge < -0.3 is 19.1 Å². The summed E-state index contributed by atoms with van der Waals surface area (Å²) in [7, 11) is 0. The molecule has 0 amide bonds. The summed E-state index contributed by atoms with van der Waals surface area (Å²) in [5.74, 6) is 1.45. The van der Waals surface area contributed by atoms with Crippen molar-refractivity contribution in [3.05, 3.63) is 0 Å². The zero-order valence-corrected chi connectivity index (χ0v) is 14.3. The molecule has 2 aliphatic rings. The van der Waals surface area contributed by atoms with E-state index in [1.807, 2.05) is 0 Å². The normalized spacial score (nSPS) is 24.0. The zero-order valence-electron chi connectivity index (χ0n) is 13.4. The quantitative estimate of drug-likeness (QED) is 0.823. The fraction of sp³-hybridized carbons (Fsp3) is 0.857. The highest BCUT2D eigenvalue weighted by atomic mass is 32.1. The fourth-order valence-electron chi connectivity index (χ4n) is 2.52. The second-order valence-electron chi connectivity index (χ2n) is 6.61. The average molecular weight is 328 g/mol. The van der Waals surface area contributed by atoms with Gasteiger partial charge in [-0.25, -0.2) is 0 Å². The van der Waals surface area contributed by atoms with E-state index in [9.17, 15) is 0 Å². The van der Waals surface area contributed by atoms with Gasteiger partial charge >= 0.3 is 0 Å². The topological polar surface area (TPSA) is 60.0 Å². The van der Waals surface area contributed by atoms with E-state index >= 15 is 0 Å². The van der Waals surface area contributed by atoms with Gasteiger partial charge in [0.25, 0.3) is 5.88 Å². The van der Waals surface area contributed by atoms with Gasteiger partial charge in [0.2, 0.25) is 5.82 Å². The van der Waals surface area contributed by atoms with E-state index in [1.165, 1.54) is 11.7 Å². The maximum absolute atomic E-state index is 5.88. The van der Waals surface area contributed by atoms with Crippen LogP contribution in [0.25, 0.3) is 0 Å². The standard InChI is InChI=1S/C14H24N4O3S/c1-14(2,3)18-8-11(21-10-18)9-20-13-12(15-22-16-13)17-4-6-19-7-5-17/h11H,4-10H2,1-3H3/t11-/m1/s1. The van der Waals surface area contributed by atoms with Gasteiger partial charge in [0.15, 0.2) is 0 Å². The Hall–Kier alpha value is -0.960. The van der Waals surface area contributed by atoms with Crippen molar-refractivity contribution >= 4 is 17.5 Å². The predicted molar refractivity (Wildman–Crippen MR) is 84.6 cm³/mol. The van der Waals surface area contributed by atoms with Crippen molar-refractivity contribution in [2.45, 2.75) is 32.4 Å². The van der Waals surface area contributed by atoms with Gasteiger partial charge in [-0.1, -0.05) is 0 Å². The molecule has 0 spiro atoms. The second-order valence-corrected chi connectivity index (χ2v) is 7.14. The van der Waals surface area contributed by atoms with E-state index in [0.717, 1.165) is 38.7 Å².